The number of benzene rings is 1. The molecule has 1 aromatic rings. The number of quaternary nitrogens is 1. The van der Waals surface area contributed by atoms with Crippen LogP contribution in [0.25, 0.3) is 0 Å². The van der Waals surface area contributed by atoms with E-state index in [1.807, 2.05) is 0 Å². The van der Waals surface area contributed by atoms with E-state index in [0.717, 1.165) is 9.37 Å². The molecular formula is C13H15BrCl3N2O2+. The molecule has 1 fully saturated rings. The molecule has 0 bridgehead atoms. The molecule has 116 valence electrons. The Morgan fingerprint density at radius 2 is 1.81 bits per heavy atom. The standard InChI is InChI=1S/C13H14BrCl3N2O2/c14-10-3-1-9(2-4-10)11(20)18-12(13(15,16)17)19-5-7-21-8-6-19/h1-4,12H,5-8H2,(H,18,20)/p+1. The van der Waals surface area contributed by atoms with Gasteiger partial charge in [-0.05, 0) is 24.3 Å². The monoisotopic (exact) mass is 415 g/mol. The Bertz CT molecular complexity index is 487. The summed E-state index contributed by atoms with van der Waals surface area (Å²) in [5, 5.41) is 2.82. The number of nitrogens with one attached hydrogen (secondary N) is 2. The number of morpholine rings is 1. The van der Waals surface area contributed by atoms with Crippen molar-refractivity contribution < 1.29 is 14.4 Å². The molecule has 0 radical (unpaired) electrons. The molecule has 1 aliphatic rings. The molecule has 21 heavy (non-hydrogen) atoms. The van der Waals surface area contributed by atoms with Crippen molar-refractivity contribution in [1.82, 2.24) is 5.32 Å². The van der Waals surface area contributed by atoms with Crippen LogP contribution in [0.15, 0.2) is 28.7 Å². The van der Waals surface area contributed by atoms with Gasteiger partial charge in [0.25, 0.3) is 9.70 Å². The van der Waals surface area contributed by atoms with E-state index in [4.69, 9.17) is 39.5 Å². The summed E-state index contributed by atoms with van der Waals surface area (Å²) in [7, 11) is 0. The predicted octanol–water partition coefficient (Wildman–Crippen LogP) is 1.79. The van der Waals surface area contributed by atoms with Crippen molar-refractivity contribution >= 4 is 56.6 Å². The van der Waals surface area contributed by atoms with Gasteiger partial charge in [0.1, 0.15) is 13.1 Å². The molecule has 2 N–H and O–H groups in total. The average Bonchev–Trinajstić information content (AvgIpc) is 2.45. The maximum Gasteiger partial charge on any atom is 0.262 e. The number of rotatable bonds is 3. The van der Waals surface area contributed by atoms with Gasteiger partial charge in [-0.15, -0.1) is 0 Å². The highest BCUT2D eigenvalue weighted by Crippen LogP contribution is 2.28. The normalized spacial score (nSPS) is 18.3. The Labute approximate surface area is 146 Å². The predicted molar refractivity (Wildman–Crippen MR) is 87.2 cm³/mol. The van der Waals surface area contributed by atoms with Crippen LogP contribution in [0.3, 0.4) is 0 Å². The highest BCUT2D eigenvalue weighted by molar-refractivity contribution is 9.10. The van der Waals surface area contributed by atoms with E-state index in [1.54, 1.807) is 24.3 Å². The molecule has 0 aromatic heterocycles. The molecule has 8 heteroatoms. The Balaban J connectivity index is 2.10. The van der Waals surface area contributed by atoms with E-state index in [9.17, 15) is 4.79 Å². The van der Waals surface area contributed by atoms with Crippen LogP contribution in [0.2, 0.25) is 0 Å². The Morgan fingerprint density at radius 1 is 1.24 bits per heavy atom. The van der Waals surface area contributed by atoms with Crippen molar-refractivity contribution in [3.63, 3.8) is 0 Å². The number of halogens is 4. The van der Waals surface area contributed by atoms with Crippen molar-refractivity contribution in [2.75, 3.05) is 26.3 Å². The topological polar surface area (TPSA) is 42.8 Å². The third-order valence-corrected chi connectivity index (χ3v) is 4.44. The van der Waals surface area contributed by atoms with Gasteiger partial charge in [0, 0.05) is 10.0 Å². The second-order valence-electron chi connectivity index (χ2n) is 4.73. The quantitative estimate of drug-likeness (QED) is 0.737. The summed E-state index contributed by atoms with van der Waals surface area (Å²) in [5.41, 5.74) is 0.519. The van der Waals surface area contributed by atoms with Crippen LogP contribution in [-0.2, 0) is 4.74 Å². The Hall–Kier alpha value is -0.0400. The van der Waals surface area contributed by atoms with Gasteiger partial charge in [-0.3, -0.25) is 10.1 Å². The first-order chi connectivity index (χ1) is 9.88. The van der Waals surface area contributed by atoms with Gasteiger partial charge in [-0.1, -0.05) is 50.7 Å². The first kappa shape index (κ1) is 17.3. The molecule has 1 atom stereocenters. The minimum Gasteiger partial charge on any atom is -0.370 e. The fourth-order valence-corrected chi connectivity index (χ4v) is 3.04. The van der Waals surface area contributed by atoms with E-state index in [0.29, 0.717) is 31.9 Å². The summed E-state index contributed by atoms with van der Waals surface area (Å²) >= 11 is 21.4. The summed E-state index contributed by atoms with van der Waals surface area (Å²) in [4.78, 5) is 13.3. The SMILES string of the molecule is O=C(NC([NH+]1CCOCC1)C(Cl)(Cl)Cl)c1ccc(Br)cc1. The molecule has 0 spiro atoms. The number of carbonyl (C=O) groups excluding carboxylic acids is 1. The van der Waals surface area contributed by atoms with Crippen LogP contribution in [0.1, 0.15) is 10.4 Å². The molecule has 0 saturated carbocycles. The van der Waals surface area contributed by atoms with Gasteiger partial charge in [0.2, 0.25) is 6.17 Å². The minimum absolute atomic E-state index is 0.266. The number of hydrogen-bond donors (Lipinski definition) is 2. The van der Waals surface area contributed by atoms with Crippen molar-refractivity contribution in [3.8, 4) is 0 Å². The summed E-state index contributed by atoms with van der Waals surface area (Å²) < 4.78 is 4.61. The maximum atomic E-state index is 12.3. The molecule has 1 heterocycles. The van der Waals surface area contributed by atoms with E-state index < -0.39 is 9.96 Å². The van der Waals surface area contributed by atoms with Gasteiger partial charge in [0.05, 0.1) is 13.2 Å². The zero-order valence-corrected chi connectivity index (χ0v) is 14.9. The molecule has 2 rings (SSSR count). The molecule has 4 nitrogen and oxygen atoms in total. The second kappa shape index (κ2) is 7.49. The largest absolute Gasteiger partial charge is 0.370 e. The first-order valence-corrected chi connectivity index (χ1v) is 8.36. The summed E-state index contributed by atoms with van der Waals surface area (Å²) in [6.45, 7) is 2.53. The summed E-state index contributed by atoms with van der Waals surface area (Å²) in [6.07, 6.45) is -0.623. The summed E-state index contributed by atoms with van der Waals surface area (Å²) in [5.74, 6) is -0.266. The fraction of sp³-hybridized carbons (Fsp3) is 0.462. The first-order valence-electron chi connectivity index (χ1n) is 6.43. The smallest absolute Gasteiger partial charge is 0.262 e. The molecular weight excluding hydrogens is 402 g/mol. The number of ether oxygens (including phenoxy) is 1. The number of alkyl halides is 3. The van der Waals surface area contributed by atoms with Gasteiger partial charge in [-0.2, -0.15) is 0 Å². The van der Waals surface area contributed by atoms with E-state index in [1.165, 1.54) is 0 Å². The van der Waals surface area contributed by atoms with Gasteiger partial charge >= 0.3 is 0 Å². The maximum absolute atomic E-state index is 12.3. The van der Waals surface area contributed by atoms with Crippen molar-refractivity contribution in [2.45, 2.75) is 9.96 Å². The van der Waals surface area contributed by atoms with E-state index >= 15 is 0 Å². The zero-order valence-electron chi connectivity index (χ0n) is 11.0. The third kappa shape index (κ3) is 4.98. The lowest BCUT2D eigenvalue weighted by molar-refractivity contribution is -0.934. The highest BCUT2D eigenvalue weighted by atomic mass is 79.9. The number of hydrogen-bond acceptors (Lipinski definition) is 2. The lowest BCUT2D eigenvalue weighted by Gasteiger charge is -2.35. The highest BCUT2D eigenvalue weighted by Gasteiger charge is 2.42. The molecule has 1 unspecified atom stereocenters. The van der Waals surface area contributed by atoms with Crippen LogP contribution < -0.4 is 10.2 Å². The summed E-state index contributed by atoms with van der Waals surface area (Å²) in [6, 6.07) is 7.01. The van der Waals surface area contributed by atoms with Crippen molar-refractivity contribution in [2.24, 2.45) is 0 Å². The molecule has 0 aliphatic carbocycles. The second-order valence-corrected chi connectivity index (χ2v) is 8.01. The van der Waals surface area contributed by atoms with Crippen LogP contribution in [0, 0.1) is 0 Å². The molecule has 1 aromatic carbocycles. The van der Waals surface area contributed by atoms with Gasteiger partial charge < -0.3 is 9.64 Å². The average molecular weight is 418 g/mol. The Morgan fingerprint density at radius 3 is 2.33 bits per heavy atom. The third-order valence-electron chi connectivity index (χ3n) is 3.25. The number of amides is 1. The molecule has 1 saturated heterocycles. The molecule has 1 aliphatic heterocycles. The van der Waals surface area contributed by atoms with Crippen molar-refractivity contribution in [1.29, 1.82) is 0 Å². The van der Waals surface area contributed by atoms with Crippen LogP contribution in [-0.4, -0.2) is 42.2 Å². The van der Waals surface area contributed by atoms with E-state index in [2.05, 4.69) is 21.2 Å². The fourth-order valence-electron chi connectivity index (χ4n) is 2.15. The zero-order chi connectivity index (χ0) is 15.5. The lowest BCUT2D eigenvalue weighted by atomic mass is 10.2. The lowest BCUT2D eigenvalue weighted by Crippen LogP contribution is -3.21. The van der Waals surface area contributed by atoms with Crippen LogP contribution in [0.4, 0.5) is 0 Å². The van der Waals surface area contributed by atoms with Gasteiger partial charge in [0.15, 0.2) is 0 Å². The molecule has 1 amide bonds. The van der Waals surface area contributed by atoms with Crippen LogP contribution >= 0.6 is 50.7 Å². The van der Waals surface area contributed by atoms with Crippen LogP contribution in [0.5, 0.6) is 0 Å². The minimum atomic E-state index is -1.59. The van der Waals surface area contributed by atoms with Crippen molar-refractivity contribution in [3.05, 3.63) is 34.3 Å². The Kier molecular flexibility index (Phi) is 6.17. The van der Waals surface area contributed by atoms with Gasteiger partial charge in [-0.25, -0.2) is 0 Å². The number of carbonyl (C=O) groups is 1. The van der Waals surface area contributed by atoms with E-state index in [-0.39, 0.29) is 5.91 Å².